The number of imidazole rings is 1. The molecule has 0 aliphatic rings. The van der Waals surface area contributed by atoms with Gasteiger partial charge in [-0.1, -0.05) is 12.1 Å². The summed E-state index contributed by atoms with van der Waals surface area (Å²) in [6, 6.07) is 18.0. The van der Waals surface area contributed by atoms with Crippen molar-refractivity contribution >= 4 is 11.6 Å². The van der Waals surface area contributed by atoms with E-state index in [2.05, 4.69) is 15.3 Å². The van der Waals surface area contributed by atoms with Crippen LogP contribution >= 0.6 is 0 Å². The van der Waals surface area contributed by atoms with Crippen molar-refractivity contribution in [3.05, 3.63) is 91.1 Å². The second-order valence-electron chi connectivity index (χ2n) is 6.11. The number of pyridine rings is 1. The molecule has 0 unspecified atom stereocenters. The maximum absolute atomic E-state index is 12.5. The van der Waals surface area contributed by atoms with Gasteiger partial charge in [-0.25, -0.2) is 9.97 Å². The highest BCUT2D eigenvalue weighted by Crippen LogP contribution is 2.31. The predicted molar refractivity (Wildman–Crippen MR) is 109 cm³/mol. The third-order valence-corrected chi connectivity index (χ3v) is 4.19. The molecule has 0 fully saturated rings. The number of nitrogens with one attached hydrogen (secondary N) is 1. The van der Waals surface area contributed by atoms with Crippen LogP contribution in [0.3, 0.4) is 0 Å². The fourth-order valence-electron chi connectivity index (χ4n) is 2.71. The van der Waals surface area contributed by atoms with Crippen LogP contribution in [0.1, 0.15) is 10.4 Å². The Labute approximate surface area is 167 Å². The van der Waals surface area contributed by atoms with Crippen LogP contribution in [0.4, 0.5) is 5.69 Å². The number of rotatable bonds is 6. The molecule has 0 saturated heterocycles. The molecule has 7 heteroatoms. The van der Waals surface area contributed by atoms with E-state index in [0.717, 1.165) is 0 Å². The molecule has 2 aromatic carbocycles. The lowest BCUT2D eigenvalue weighted by Gasteiger charge is -2.11. The Bertz CT molecular complexity index is 1090. The molecule has 0 aliphatic heterocycles. The van der Waals surface area contributed by atoms with Gasteiger partial charge >= 0.3 is 0 Å². The van der Waals surface area contributed by atoms with Gasteiger partial charge in [0.25, 0.3) is 5.91 Å². The van der Waals surface area contributed by atoms with E-state index in [-0.39, 0.29) is 5.91 Å². The molecule has 0 atom stereocenters. The van der Waals surface area contributed by atoms with E-state index < -0.39 is 0 Å². The van der Waals surface area contributed by atoms with Crippen molar-refractivity contribution in [2.75, 3.05) is 12.4 Å². The van der Waals surface area contributed by atoms with Gasteiger partial charge in [0.05, 0.1) is 12.7 Å². The van der Waals surface area contributed by atoms with Crippen molar-refractivity contribution in [1.82, 2.24) is 14.5 Å². The number of hydrogen-bond acceptors (Lipinski definition) is 5. The molecular weight excluding hydrogens is 368 g/mol. The maximum Gasteiger partial charge on any atom is 0.257 e. The minimum atomic E-state index is -0.243. The van der Waals surface area contributed by atoms with Crippen LogP contribution in [0, 0.1) is 0 Å². The number of aromatic nitrogens is 3. The molecule has 4 rings (SSSR count). The summed E-state index contributed by atoms with van der Waals surface area (Å²) < 4.78 is 12.9. The second kappa shape index (κ2) is 8.26. The quantitative estimate of drug-likeness (QED) is 0.534. The molecule has 1 N–H and O–H groups in total. The summed E-state index contributed by atoms with van der Waals surface area (Å²) in [6.07, 6.45) is 6.64. The number of hydrogen-bond donors (Lipinski definition) is 1. The van der Waals surface area contributed by atoms with Gasteiger partial charge in [0.15, 0.2) is 11.5 Å². The van der Waals surface area contributed by atoms with Crippen molar-refractivity contribution in [1.29, 1.82) is 0 Å². The molecule has 29 heavy (non-hydrogen) atoms. The third kappa shape index (κ3) is 4.24. The molecule has 0 spiro atoms. The van der Waals surface area contributed by atoms with Crippen LogP contribution in [0.2, 0.25) is 0 Å². The normalized spacial score (nSPS) is 10.4. The van der Waals surface area contributed by atoms with Crippen LogP contribution in [0.5, 0.6) is 17.2 Å². The zero-order valence-corrected chi connectivity index (χ0v) is 15.6. The van der Waals surface area contributed by atoms with Gasteiger partial charge in [0.1, 0.15) is 17.9 Å². The van der Waals surface area contributed by atoms with Crippen LogP contribution < -0.4 is 14.8 Å². The van der Waals surface area contributed by atoms with Gasteiger partial charge in [-0.2, -0.15) is 0 Å². The van der Waals surface area contributed by atoms with E-state index in [1.165, 1.54) is 6.20 Å². The largest absolute Gasteiger partial charge is 0.493 e. The average molecular weight is 386 g/mol. The molecule has 0 radical (unpaired) electrons. The minimum Gasteiger partial charge on any atom is -0.493 e. The fourth-order valence-corrected chi connectivity index (χ4v) is 2.71. The van der Waals surface area contributed by atoms with Gasteiger partial charge in [-0.05, 0) is 48.5 Å². The molecule has 0 aliphatic carbocycles. The predicted octanol–water partition coefficient (Wildman–Crippen LogP) is 4.32. The van der Waals surface area contributed by atoms with E-state index in [1.807, 2.05) is 24.3 Å². The van der Waals surface area contributed by atoms with Gasteiger partial charge in [-0.3, -0.25) is 9.36 Å². The van der Waals surface area contributed by atoms with Crippen molar-refractivity contribution in [3.8, 4) is 23.1 Å². The summed E-state index contributed by atoms with van der Waals surface area (Å²) >= 11 is 0. The Kier molecular flexibility index (Phi) is 5.20. The topological polar surface area (TPSA) is 78.3 Å². The molecule has 0 saturated carbocycles. The van der Waals surface area contributed by atoms with Crippen LogP contribution in [0.25, 0.3) is 5.82 Å². The number of para-hydroxylation sites is 2. The molecule has 4 aromatic rings. The number of carbonyl (C=O) groups excluding carboxylic acids is 1. The lowest BCUT2D eigenvalue weighted by atomic mass is 10.2. The van der Waals surface area contributed by atoms with Crippen molar-refractivity contribution in [2.45, 2.75) is 0 Å². The Morgan fingerprint density at radius 3 is 2.45 bits per heavy atom. The van der Waals surface area contributed by atoms with Crippen molar-refractivity contribution < 1.29 is 14.3 Å². The van der Waals surface area contributed by atoms with Crippen molar-refractivity contribution in [2.24, 2.45) is 0 Å². The van der Waals surface area contributed by atoms with E-state index in [9.17, 15) is 4.79 Å². The first-order valence-corrected chi connectivity index (χ1v) is 8.89. The first kappa shape index (κ1) is 18.2. The summed E-state index contributed by atoms with van der Waals surface area (Å²) in [5, 5.41) is 2.85. The molecule has 1 amide bonds. The molecule has 2 heterocycles. The monoisotopic (exact) mass is 386 g/mol. The first-order valence-electron chi connectivity index (χ1n) is 8.89. The van der Waals surface area contributed by atoms with Gasteiger partial charge in [0, 0.05) is 24.3 Å². The van der Waals surface area contributed by atoms with Gasteiger partial charge < -0.3 is 14.8 Å². The van der Waals surface area contributed by atoms with E-state index in [4.69, 9.17) is 9.47 Å². The standard InChI is InChI=1S/C22H18N4O3/c1-28-19-4-2-3-5-20(19)29-18-9-7-17(8-10-18)25-22(27)16-6-11-21(24-14-16)26-13-12-23-15-26/h2-15H,1H3,(H,25,27). The molecule has 144 valence electrons. The number of carbonyl (C=O) groups is 1. The minimum absolute atomic E-state index is 0.243. The number of amides is 1. The molecule has 2 aromatic heterocycles. The molecular formula is C22H18N4O3. The van der Waals surface area contributed by atoms with Crippen LogP contribution in [-0.4, -0.2) is 27.6 Å². The zero-order chi connectivity index (χ0) is 20.1. The summed E-state index contributed by atoms with van der Waals surface area (Å²) in [5.41, 5.74) is 1.12. The zero-order valence-electron chi connectivity index (χ0n) is 15.6. The lowest BCUT2D eigenvalue weighted by Crippen LogP contribution is -2.12. The number of anilines is 1. The second-order valence-corrected chi connectivity index (χ2v) is 6.11. The third-order valence-electron chi connectivity index (χ3n) is 4.19. The van der Waals surface area contributed by atoms with Crippen molar-refractivity contribution in [3.63, 3.8) is 0 Å². The Hall–Kier alpha value is -4.13. The van der Waals surface area contributed by atoms with Gasteiger partial charge in [-0.15, -0.1) is 0 Å². The highest BCUT2D eigenvalue weighted by molar-refractivity contribution is 6.04. The Morgan fingerprint density at radius 2 is 1.79 bits per heavy atom. The van der Waals surface area contributed by atoms with E-state index in [1.54, 1.807) is 66.8 Å². The summed E-state index contributed by atoms with van der Waals surface area (Å²) in [5.74, 6) is 2.36. The Morgan fingerprint density at radius 1 is 1.00 bits per heavy atom. The summed E-state index contributed by atoms with van der Waals surface area (Å²) in [6.45, 7) is 0. The number of methoxy groups -OCH3 is 1. The van der Waals surface area contributed by atoms with Gasteiger partial charge in [0.2, 0.25) is 0 Å². The highest BCUT2D eigenvalue weighted by atomic mass is 16.5. The fraction of sp³-hybridized carbons (Fsp3) is 0.0455. The Balaban J connectivity index is 1.41. The maximum atomic E-state index is 12.5. The number of nitrogens with zero attached hydrogens (tertiary/aromatic N) is 3. The smallest absolute Gasteiger partial charge is 0.257 e. The lowest BCUT2D eigenvalue weighted by molar-refractivity contribution is 0.102. The highest BCUT2D eigenvalue weighted by Gasteiger charge is 2.09. The van der Waals surface area contributed by atoms with E-state index >= 15 is 0 Å². The summed E-state index contributed by atoms with van der Waals surface area (Å²) in [4.78, 5) is 20.7. The first-order chi connectivity index (χ1) is 14.2. The molecule has 7 nitrogen and oxygen atoms in total. The number of ether oxygens (including phenoxy) is 2. The SMILES string of the molecule is COc1ccccc1Oc1ccc(NC(=O)c2ccc(-n3ccnc3)nc2)cc1. The summed E-state index contributed by atoms with van der Waals surface area (Å²) in [7, 11) is 1.59. The van der Waals surface area contributed by atoms with E-state index in [0.29, 0.717) is 34.3 Å². The van der Waals surface area contributed by atoms with Crippen LogP contribution in [-0.2, 0) is 0 Å². The number of benzene rings is 2. The van der Waals surface area contributed by atoms with Crippen LogP contribution in [0.15, 0.2) is 85.6 Å². The molecule has 0 bridgehead atoms. The average Bonchev–Trinajstić information content (AvgIpc) is 3.30.